The van der Waals surface area contributed by atoms with Gasteiger partial charge in [-0.3, -0.25) is 0 Å². The van der Waals surface area contributed by atoms with E-state index in [2.05, 4.69) is 42.9 Å². The monoisotopic (exact) mass is 331 g/mol. The Hall–Kier alpha value is -1.99. The van der Waals surface area contributed by atoms with Gasteiger partial charge in [0.15, 0.2) is 0 Å². The second-order valence-electron chi connectivity index (χ2n) is 6.53. The minimum Gasteiger partial charge on any atom is -0.440 e. The second-order valence-corrected chi connectivity index (χ2v) is 6.97. The third-order valence-electron chi connectivity index (χ3n) is 3.63. The van der Waals surface area contributed by atoms with Gasteiger partial charge in [0.2, 0.25) is 0 Å². The molecule has 0 aliphatic rings. The third kappa shape index (κ3) is 4.74. The van der Waals surface area contributed by atoms with E-state index in [0.29, 0.717) is 0 Å². The van der Waals surface area contributed by atoms with Crippen LogP contribution in [0.2, 0.25) is 5.02 Å². The first-order valence-electron chi connectivity index (χ1n) is 7.57. The van der Waals surface area contributed by atoms with E-state index in [4.69, 9.17) is 16.3 Å². The van der Waals surface area contributed by atoms with Gasteiger partial charge in [-0.2, -0.15) is 5.10 Å². The quantitative estimate of drug-likeness (QED) is 0.773. The lowest BCUT2D eigenvalue weighted by Crippen LogP contribution is -2.38. The van der Waals surface area contributed by atoms with Gasteiger partial charge in [-0.05, 0) is 24.1 Å². The zero-order chi connectivity index (χ0) is 16.9. The number of aromatic nitrogens is 3. The number of hydrogen-bond acceptors (Lipinski definition) is 3. The lowest BCUT2D eigenvalue weighted by molar-refractivity contribution is 0.0114. The molecule has 0 saturated heterocycles. The molecule has 0 N–H and O–H groups in total. The maximum absolute atomic E-state index is 5.98. The number of nitrogens with zero attached hydrogens (tertiary/aromatic N) is 3. The van der Waals surface area contributed by atoms with E-state index in [1.165, 1.54) is 0 Å². The van der Waals surface area contributed by atoms with E-state index >= 15 is 0 Å². The highest BCUT2D eigenvalue weighted by Gasteiger charge is 2.36. The van der Waals surface area contributed by atoms with Gasteiger partial charge in [0.25, 0.3) is 0 Å². The lowest BCUT2D eigenvalue weighted by atomic mass is 9.82. The highest BCUT2D eigenvalue weighted by atomic mass is 35.5. The Bertz CT molecular complexity index is 663. The van der Waals surface area contributed by atoms with Crippen LogP contribution in [0.5, 0.6) is 0 Å². The first-order chi connectivity index (χ1) is 10.9. The Labute approximate surface area is 142 Å². The van der Waals surface area contributed by atoms with E-state index < -0.39 is 0 Å². The number of halogens is 1. The fourth-order valence-corrected chi connectivity index (χ4v) is 2.67. The average Bonchev–Trinajstić information content (AvgIpc) is 3.01. The van der Waals surface area contributed by atoms with Crippen molar-refractivity contribution in [3.8, 4) is 12.0 Å². The van der Waals surface area contributed by atoms with Gasteiger partial charge in [-0.15, -0.1) is 0 Å². The van der Waals surface area contributed by atoms with E-state index in [0.717, 1.165) is 17.0 Å². The molecule has 5 heteroatoms. The predicted octanol–water partition coefficient (Wildman–Crippen LogP) is 4.13. The molecule has 1 aromatic carbocycles. The molecule has 122 valence electrons. The van der Waals surface area contributed by atoms with Gasteiger partial charge in [-0.25, -0.2) is 9.67 Å². The predicted molar refractivity (Wildman–Crippen MR) is 92.0 cm³/mol. The van der Waals surface area contributed by atoms with E-state index in [1.807, 2.05) is 28.9 Å². The second kappa shape index (κ2) is 7.52. The smallest absolute Gasteiger partial charge is 0.138 e. The lowest BCUT2D eigenvalue weighted by Gasteiger charge is -2.35. The minimum absolute atomic E-state index is 0.0143. The van der Waals surface area contributed by atoms with Crippen LogP contribution in [0.25, 0.3) is 0 Å². The Morgan fingerprint density at radius 2 is 1.96 bits per heavy atom. The van der Waals surface area contributed by atoms with Gasteiger partial charge in [0, 0.05) is 17.4 Å². The number of benzene rings is 1. The summed E-state index contributed by atoms with van der Waals surface area (Å²) >= 11 is 5.98. The molecular formula is C18H22ClN3O. The van der Waals surface area contributed by atoms with Crippen LogP contribution in [-0.2, 0) is 11.2 Å². The third-order valence-corrected chi connectivity index (χ3v) is 3.88. The highest BCUT2D eigenvalue weighted by molar-refractivity contribution is 6.30. The topological polar surface area (TPSA) is 39.9 Å². The van der Waals surface area contributed by atoms with Crippen molar-refractivity contribution in [1.29, 1.82) is 0 Å². The molecule has 0 saturated carbocycles. The van der Waals surface area contributed by atoms with Gasteiger partial charge in [0.1, 0.15) is 24.9 Å². The summed E-state index contributed by atoms with van der Waals surface area (Å²) in [4.78, 5) is 4.08. The molecule has 0 aliphatic heterocycles. The van der Waals surface area contributed by atoms with Crippen LogP contribution >= 0.6 is 11.6 Å². The molecule has 0 bridgehead atoms. The first-order valence-corrected chi connectivity index (χ1v) is 7.95. The van der Waals surface area contributed by atoms with Crippen molar-refractivity contribution in [1.82, 2.24) is 14.8 Å². The molecule has 2 rings (SSSR count). The van der Waals surface area contributed by atoms with Gasteiger partial charge < -0.3 is 4.74 Å². The Balaban J connectivity index is 2.35. The summed E-state index contributed by atoms with van der Waals surface area (Å²) in [6.45, 7) is 8.19. The molecule has 0 spiro atoms. The zero-order valence-electron chi connectivity index (χ0n) is 14.0. The Morgan fingerprint density at radius 1 is 1.26 bits per heavy atom. The number of rotatable bonds is 5. The van der Waals surface area contributed by atoms with E-state index in [9.17, 15) is 0 Å². The van der Waals surface area contributed by atoms with E-state index in [1.54, 1.807) is 19.6 Å². The van der Waals surface area contributed by atoms with Crippen LogP contribution in [0.4, 0.5) is 0 Å². The molecule has 0 aliphatic carbocycles. The van der Waals surface area contributed by atoms with Crippen molar-refractivity contribution >= 4 is 11.6 Å². The number of ether oxygens (including phenoxy) is 1. The van der Waals surface area contributed by atoms with Crippen LogP contribution in [0.15, 0.2) is 36.9 Å². The fraction of sp³-hybridized carbons (Fsp3) is 0.444. The van der Waals surface area contributed by atoms with Gasteiger partial charge in [-0.1, -0.05) is 50.4 Å². The summed E-state index contributed by atoms with van der Waals surface area (Å²) in [5.74, 6) is 2.81. The SMILES string of the molecule is CC#COC(C(Cc1ccc(Cl)cc1)n1cncn1)C(C)(C)C. The molecular weight excluding hydrogens is 310 g/mol. The molecule has 1 heterocycles. The first kappa shape index (κ1) is 17.4. The molecule has 0 radical (unpaired) electrons. The van der Waals surface area contributed by atoms with Crippen molar-refractivity contribution in [3.05, 3.63) is 47.5 Å². The standard InChI is InChI=1S/C18H22ClN3O/c1-5-10-23-17(18(2,3)4)16(22-13-20-12-21-22)11-14-6-8-15(19)9-7-14/h6-9,12-13,16-17H,11H2,1-4H3. The summed E-state index contributed by atoms with van der Waals surface area (Å²) in [6, 6.07) is 7.83. The molecule has 0 amide bonds. The Morgan fingerprint density at radius 3 is 2.48 bits per heavy atom. The Kier molecular flexibility index (Phi) is 5.68. The molecule has 1 aromatic heterocycles. The molecule has 2 unspecified atom stereocenters. The average molecular weight is 332 g/mol. The normalized spacial score (nSPS) is 13.8. The van der Waals surface area contributed by atoms with Crippen LogP contribution < -0.4 is 0 Å². The van der Waals surface area contributed by atoms with Crippen molar-refractivity contribution in [2.45, 2.75) is 46.3 Å². The van der Waals surface area contributed by atoms with Gasteiger partial charge >= 0.3 is 0 Å². The van der Waals surface area contributed by atoms with Crippen molar-refractivity contribution in [2.75, 3.05) is 0 Å². The fourth-order valence-electron chi connectivity index (χ4n) is 2.54. The molecule has 2 aromatic rings. The number of hydrogen-bond donors (Lipinski definition) is 0. The summed E-state index contributed by atoms with van der Waals surface area (Å²) < 4.78 is 7.71. The maximum Gasteiger partial charge on any atom is 0.138 e. The molecule has 23 heavy (non-hydrogen) atoms. The summed E-state index contributed by atoms with van der Waals surface area (Å²) in [6.07, 6.45) is 6.65. The summed E-state index contributed by atoms with van der Waals surface area (Å²) in [7, 11) is 0. The van der Waals surface area contributed by atoms with Crippen LogP contribution in [0.3, 0.4) is 0 Å². The largest absolute Gasteiger partial charge is 0.440 e. The minimum atomic E-state index is -0.132. The van der Waals surface area contributed by atoms with Crippen LogP contribution in [0.1, 0.15) is 39.3 Å². The van der Waals surface area contributed by atoms with Gasteiger partial charge in [0.05, 0.1) is 6.04 Å². The highest BCUT2D eigenvalue weighted by Crippen LogP contribution is 2.33. The molecule has 2 atom stereocenters. The maximum atomic E-state index is 5.98. The summed E-state index contributed by atoms with van der Waals surface area (Å²) in [5.41, 5.74) is 1.06. The summed E-state index contributed by atoms with van der Waals surface area (Å²) in [5, 5.41) is 5.05. The van der Waals surface area contributed by atoms with Crippen LogP contribution in [-0.4, -0.2) is 20.9 Å². The molecule has 0 fully saturated rings. The van der Waals surface area contributed by atoms with Crippen molar-refractivity contribution in [2.24, 2.45) is 5.41 Å². The van der Waals surface area contributed by atoms with Crippen LogP contribution in [0, 0.1) is 17.4 Å². The zero-order valence-corrected chi connectivity index (χ0v) is 14.7. The van der Waals surface area contributed by atoms with Crippen molar-refractivity contribution < 1.29 is 4.74 Å². The van der Waals surface area contributed by atoms with E-state index in [-0.39, 0.29) is 17.6 Å². The van der Waals surface area contributed by atoms with Crippen molar-refractivity contribution in [3.63, 3.8) is 0 Å². The molecule has 4 nitrogen and oxygen atoms in total.